The molecule has 0 saturated heterocycles. The van der Waals surface area contributed by atoms with Gasteiger partial charge in [0.05, 0.1) is 17.0 Å². The molecule has 2 N–H and O–H groups in total. The third-order valence-electron chi connectivity index (χ3n) is 3.14. The third kappa shape index (κ3) is 3.14. The number of hydrogen-bond donors (Lipinski definition) is 1. The Morgan fingerprint density at radius 2 is 2.16 bits per heavy atom. The van der Waals surface area contributed by atoms with E-state index in [-0.39, 0.29) is 11.1 Å². The number of imidazole rings is 1. The molecule has 0 aliphatic carbocycles. The molecule has 1 aromatic carbocycles. The van der Waals surface area contributed by atoms with Crippen LogP contribution in [-0.4, -0.2) is 9.55 Å². The summed E-state index contributed by atoms with van der Waals surface area (Å²) in [5.74, 6) is -0.0811. The minimum Gasteiger partial charge on any atom is -0.329 e. The summed E-state index contributed by atoms with van der Waals surface area (Å²) in [7, 11) is 0. The van der Waals surface area contributed by atoms with Gasteiger partial charge in [0.15, 0.2) is 0 Å². The molecule has 0 spiro atoms. The predicted molar refractivity (Wildman–Crippen MR) is 74.5 cm³/mol. The SMILES string of the molecule is CC(C)C(N)c1cncn1Cc1ccc(F)c(Cl)c1. The van der Waals surface area contributed by atoms with E-state index in [2.05, 4.69) is 18.8 Å². The molecule has 1 aromatic heterocycles. The van der Waals surface area contributed by atoms with Crippen molar-refractivity contribution in [2.24, 2.45) is 11.7 Å². The van der Waals surface area contributed by atoms with Gasteiger partial charge >= 0.3 is 0 Å². The molecular weight excluding hydrogens is 265 g/mol. The van der Waals surface area contributed by atoms with Crippen LogP contribution < -0.4 is 5.73 Å². The fraction of sp³-hybridized carbons (Fsp3) is 0.357. The third-order valence-corrected chi connectivity index (χ3v) is 3.43. The Hall–Kier alpha value is -1.39. The Labute approximate surface area is 117 Å². The molecule has 1 heterocycles. The lowest BCUT2D eigenvalue weighted by Gasteiger charge is -2.18. The van der Waals surface area contributed by atoms with Crippen molar-refractivity contribution in [2.75, 3.05) is 0 Å². The number of halogens is 2. The van der Waals surface area contributed by atoms with Crippen LogP contribution in [0.4, 0.5) is 4.39 Å². The normalized spacial score (nSPS) is 12.9. The highest BCUT2D eigenvalue weighted by molar-refractivity contribution is 6.30. The van der Waals surface area contributed by atoms with Gasteiger partial charge in [-0.3, -0.25) is 0 Å². The van der Waals surface area contributed by atoms with Crippen molar-refractivity contribution >= 4 is 11.6 Å². The molecular formula is C14H17ClFN3. The van der Waals surface area contributed by atoms with Crippen LogP contribution >= 0.6 is 11.6 Å². The molecule has 0 radical (unpaired) electrons. The molecule has 5 heteroatoms. The summed E-state index contributed by atoms with van der Waals surface area (Å²) in [4.78, 5) is 4.14. The maximum absolute atomic E-state index is 13.1. The zero-order valence-electron chi connectivity index (χ0n) is 11.0. The highest BCUT2D eigenvalue weighted by Crippen LogP contribution is 2.21. The van der Waals surface area contributed by atoms with E-state index in [1.54, 1.807) is 24.7 Å². The maximum Gasteiger partial charge on any atom is 0.141 e. The van der Waals surface area contributed by atoms with Gasteiger partial charge in [-0.1, -0.05) is 31.5 Å². The number of nitrogens with two attached hydrogens (primary N) is 1. The van der Waals surface area contributed by atoms with Crippen molar-refractivity contribution in [1.82, 2.24) is 9.55 Å². The smallest absolute Gasteiger partial charge is 0.141 e. The number of nitrogens with zero attached hydrogens (tertiary/aromatic N) is 2. The Morgan fingerprint density at radius 3 is 2.79 bits per heavy atom. The van der Waals surface area contributed by atoms with E-state index < -0.39 is 5.82 Å². The highest BCUT2D eigenvalue weighted by atomic mass is 35.5. The number of benzene rings is 1. The van der Waals surface area contributed by atoms with Gasteiger partial charge < -0.3 is 10.3 Å². The van der Waals surface area contributed by atoms with E-state index in [4.69, 9.17) is 17.3 Å². The summed E-state index contributed by atoms with van der Waals surface area (Å²) in [6, 6.07) is 4.64. The summed E-state index contributed by atoms with van der Waals surface area (Å²) in [5, 5.41) is 0.132. The van der Waals surface area contributed by atoms with Crippen LogP contribution in [0.25, 0.3) is 0 Å². The average Bonchev–Trinajstić information content (AvgIpc) is 2.81. The molecule has 0 aliphatic heterocycles. The highest BCUT2D eigenvalue weighted by Gasteiger charge is 2.15. The molecule has 19 heavy (non-hydrogen) atoms. The van der Waals surface area contributed by atoms with E-state index in [9.17, 15) is 4.39 Å². The summed E-state index contributed by atoms with van der Waals surface area (Å²) >= 11 is 5.78. The van der Waals surface area contributed by atoms with Crippen molar-refractivity contribution < 1.29 is 4.39 Å². The zero-order chi connectivity index (χ0) is 14.0. The second-order valence-electron chi connectivity index (χ2n) is 4.96. The first-order valence-corrected chi connectivity index (χ1v) is 6.56. The van der Waals surface area contributed by atoms with Crippen LogP contribution in [0.15, 0.2) is 30.7 Å². The number of aromatic nitrogens is 2. The first-order valence-electron chi connectivity index (χ1n) is 6.18. The predicted octanol–water partition coefficient (Wildman–Crippen LogP) is 3.38. The van der Waals surface area contributed by atoms with Gasteiger partial charge in [0.25, 0.3) is 0 Å². The summed E-state index contributed by atoms with van der Waals surface area (Å²) in [6.07, 6.45) is 3.50. The van der Waals surface area contributed by atoms with Crippen molar-refractivity contribution in [3.8, 4) is 0 Å². The lowest BCUT2D eigenvalue weighted by atomic mass is 10.0. The van der Waals surface area contributed by atoms with Gasteiger partial charge in [-0.15, -0.1) is 0 Å². The molecule has 0 aliphatic rings. The second-order valence-corrected chi connectivity index (χ2v) is 5.37. The fourth-order valence-electron chi connectivity index (χ4n) is 1.92. The van der Waals surface area contributed by atoms with Crippen LogP contribution in [0.3, 0.4) is 0 Å². The molecule has 0 saturated carbocycles. The molecule has 0 amide bonds. The second kappa shape index (κ2) is 5.72. The van der Waals surface area contributed by atoms with E-state index in [1.807, 2.05) is 4.57 Å². The van der Waals surface area contributed by atoms with Crippen LogP contribution in [-0.2, 0) is 6.54 Å². The quantitative estimate of drug-likeness (QED) is 0.934. The molecule has 1 atom stereocenters. The minimum atomic E-state index is -0.407. The molecule has 102 valence electrons. The van der Waals surface area contributed by atoms with Crippen LogP contribution in [0.2, 0.25) is 5.02 Å². The fourth-order valence-corrected chi connectivity index (χ4v) is 2.12. The van der Waals surface area contributed by atoms with Crippen molar-refractivity contribution in [1.29, 1.82) is 0 Å². The van der Waals surface area contributed by atoms with Crippen LogP contribution in [0.1, 0.15) is 31.1 Å². The van der Waals surface area contributed by atoms with Crippen molar-refractivity contribution in [3.05, 3.63) is 52.8 Å². The molecule has 0 bridgehead atoms. The summed E-state index contributed by atoms with van der Waals surface area (Å²) in [5.41, 5.74) is 8.03. The largest absolute Gasteiger partial charge is 0.329 e. The van der Waals surface area contributed by atoms with Gasteiger partial charge in [-0.25, -0.2) is 9.37 Å². The topological polar surface area (TPSA) is 43.8 Å². The average molecular weight is 282 g/mol. The summed E-state index contributed by atoms with van der Waals surface area (Å²) in [6.45, 7) is 4.71. The number of rotatable bonds is 4. The van der Waals surface area contributed by atoms with Gasteiger partial charge in [-0.2, -0.15) is 0 Å². The lowest BCUT2D eigenvalue weighted by Crippen LogP contribution is -2.20. The molecule has 3 nitrogen and oxygen atoms in total. The number of hydrogen-bond acceptors (Lipinski definition) is 2. The maximum atomic E-state index is 13.1. The van der Waals surface area contributed by atoms with Gasteiger partial charge in [0, 0.05) is 18.8 Å². The van der Waals surface area contributed by atoms with Crippen molar-refractivity contribution in [3.63, 3.8) is 0 Å². The standard InChI is InChI=1S/C14H17ClFN3/c1-9(2)14(17)13-6-18-8-19(13)7-10-3-4-12(16)11(15)5-10/h3-6,8-9,14H,7,17H2,1-2H3. The van der Waals surface area contributed by atoms with Gasteiger partial charge in [0.2, 0.25) is 0 Å². The van der Waals surface area contributed by atoms with Crippen LogP contribution in [0.5, 0.6) is 0 Å². The minimum absolute atomic E-state index is 0.0709. The van der Waals surface area contributed by atoms with E-state index >= 15 is 0 Å². The van der Waals surface area contributed by atoms with Crippen LogP contribution in [0, 0.1) is 11.7 Å². The van der Waals surface area contributed by atoms with E-state index in [0.717, 1.165) is 11.3 Å². The molecule has 1 unspecified atom stereocenters. The summed E-state index contributed by atoms with van der Waals surface area (Å²) < 4.78 is 15.1. The monoisotopic (exact) mass is 281 g/mol. The first kappa shape index (κ1) is 14.0. The molecule has 0 fully saturated rings. The van der Waals surface area contributed by atoms with E-state index in [1.165, 1.54) is 6.07 Å². The Bertz CT molecular complexity index is 566. The molecule has 2 aromatic rings. The Balaban J connectivity index is 2.24. The van der Waals surface area contributed by atoms with E-state index in [0.29, 0.717) is 12.5 Å². The Morgan fingerprint density at radius 1 is 1.42 bits per heavy atom. The molecule has 2 rings (SSSR count). The van der Waals surface area contributed by atoms with Gasteiger partial charge in [0.1, 0.15) is 5.82 Å². The zero-order valence-corrected chi connectivity index (χ0v) is 11.7. The van der Waals surface area contributed by atoms with Crippen molar-refractivity contribution in [2.45, 2.75) is 26.4 Å². The Kier molecular flexibility index (Phi) is 4.22. The van der Waals surface area contributed by atoms with Gasteiger partial charge in [-0.05, 0) is 23.6 Å². The first-order chi connectivity index (χ1) is 8.99. The lowest BCUT2D eigenvalue weighted by molar-refractivity contribution is 0.484.